The van der Waals surface area contributed by atoms with Gasteiger partial charge in [0, 0.05) is 6.42 Å². The predicted octanol–water partition coefficient (Wildman–Crippen LogP) is 18.4. The van der Waals surface area contributed by atoms with Crippen molar-refractivity contribution in [1.82, 2.24) is 5.32 Å². The first-order valence-corrected chi connectivity index (χ1v) is 34.2. The number of hydrogen-bond donors (Lipinski definition) is 6. The van der Waals surface area contributed by atoms with Gasteiger partial charge in [-0.2, -0.15) is 0 Å². The van der Waals surface area contributed by atoms with Crippen LogP contribution in [0, 0.1) is 0 Å². The molecule has 0 bridgehead atoms. The summed E-state index contributed by atoms with van der Waals surface area (Å²) in [4.78, 5) is 13.1. The number of hydrogen-bond acceptors (Lipinski definition) is 8. The number of amides is 1. The molecule has 0 aromatic carbocycles. The number of rotatable bonds is 59. The Balaban J connectivity index is 2.16. The number of unbranched alkanes of at least 4 members (excludes halogenated alkanes) is 39. The number of aliphatic hydroxyl groups excluding tert-OH is 5. The van der Waals surface area contributed by atoms with Crippen molar-refractivity contribution in [1.29, 1.82) is 0 Å². The summed E-state index contributed by atoms with van der Waals surface area (Å²) in [5.41, 5.74) is 0. The van der Waals surface area contributed by atoms with E-state index in [1.54, 1.807) is 6.08 Å². The van der Waals surface area contributed by atoms with Gasteiger partial charge in [0.05, 0.1) is 25.4 Å². The minimum absolute atomic E-state index is 0.188. The third-order valence-corrected chi connectivity index (χ3v) is 16.0. The average Bonchev–Trinajstić information content (AvgIpc) is 3.46. The third kappa shape index (κ3) is 48.0. The van der Waals surface area contributed by atoms with Crippen LogP contribution in [0.3, 0.4) is 0 Å². The highest BCUT2D eigenvalue weighted by Crippen LogP contribution is 2.23. The van der Waals surface area contributed by atoms with Gasteiger partial charge in [0.2, 0.25) is 5.91 Å². The Labute approximate surface area is 493 Å². The van der Waals surface area contributed by atoms with Crippen LogP contribution in [0.4, 0.5) is 0 Å². The number of aliphatic hydroxyl groups is 5. The Hall–Kier alpha value is -2.37. The topological polar surface area (TPSA) is 149 Å². The van der Waals surface area contributed by atoms with E-state index < -0.39 is 49.5 Å². The van der Waals surface area contributed by atoms with Crippen LogP contribution in [0.5, 0.6) is 0 Å². The van der Waals surface area contributed by atoms with Crippen molar-refractivity contribution in [2.45, 2.75) is 358 Å². The first-order valence-electron chi connectivity index (χ1n) is 34.2. The highest BCUT2D eigenvalue weighted by molar-refractivity contribution is 5.76. The number of ether oxygens (including phenoxy) is 2. The summed E-state index contributed by atoms with van der Waals surface area (Å²) in [5.74, 6) is -0.188. The molecule has 9 nitrogen and oxygen atoms in total. The largest absolute Gasteiger partial charge is 0.394 e. The molecule has 1 aliphatic heterocycles. The molecule has 0 radical (unpaired) electrons. The number of carbonyl (C=O) groups excluding carboxylic acids is 1. The minimum Gasteiger partial charge on any atom is -0.394 e. The highest BCUT2D eigenvalue weighted by Gasteiger charge is 2.44. The van der Waals surface area contributed by atoms with E-state index in [1.165, 1.54) is 238 Å². The quantitative estimate of drug-likeness (QED) is 0.0261. The summed E-state index contributed by atoms with van der Waals surface area (Å²) in [6, 6.07) is -0.832. The second kappa shape index (κ2) is 59.8. The lowest BCUT2D eigenvalue weighted by molar-refractivity contribution is -0.302. The Morgan fingerprint density at radius 2 is 0.750 bits per heavy atom. The molecule has 466 valence electrons. The van der Waals surface area contributed by atoms with Gasteiger partial charge in [-0.3, -0.25) is 4.79 Å². The van der Waals surface area contributed by atoms with Crippen molar-refractivity contribution in [3.05, 3.63) is 72.9 Å². The second-order valence-electron chi connectivity index (χ2n) is 23.6. The van der Waals surface area contributed by atoms with Crippen LogP contribution < -0.4 is 5.32 Å². The zero-order valence-electron chi connectivity index (χ0n) is 52.1. The first kappa shape index (κ1) is 75.6. The lowest BCUT2D eigenvalue weighted by Crippen LogP contribution is -2.60. The number of nitrogens with one attached hydrogen (secondary N) is 1. The van der Waals surface area contributed by atoms with E-state index >= 15 is 0 Å². The molecule has 7 atom stereocenters. The number of carbonyl (C=O) groups is 1. The molecule has 0 aliphatic carbocycles. The van der Waals surface area contributed by atoms with E-state index in [1.807, 2.05) is 6.08 Å². The lowest BCUT2D eigenvalue weighted by Gasteiger charge is -2.40. The summed E-state index contributed by atoms with van der Waals surface area (Å²) in [6.07, 6.45) is 77.2. The van der Waals surface area contributed by atoms with E-state index in [9.17, 15) is 30.3 Å². The van der Waals surface area contributed by atoms with Crippen LogP contribution in [0.2, 0.25) is 0 Å². The molecule has 0 saturated carbocycles. The summed E-state index contributed by atoms with van der Waals surface area (Å²) < 4.78 is 11.3. The Kier molecular flexibility index (Phi) is 56.5. The molecule has 1 saturated heterocycles. The zero-order valence-corrected chi connectivity index (χ0v) is 52.1. The van der Waals surface area contributed by atoms with Crippen molar-refractivity contribution in [3.8, 4) is 0 Å². The molecule has 1 heterocycles. The molecule has 80 heavy (non-hydrogen) atoms. The van der Waals surface area contributed by atoms with Crippen molar-refractivity contribution in [3.63, 3.8) is 0 Å². The van der Waals surface area contributed by atoms with E-state index in [0.717, 1.165) is 57.8 Å². The maximum Gasteiger partial charge on any atom is 0.220 e. The summed E-state index contributed by atoms with van der Waals surface area (Å²) in [5, 5.41) is 54.7. The molecule has 6 N–H and O–H groups in total. The van der Waals surface area contributed by atoms with Crippen LogP contribution in [0.1, 0.15) is 316 Å². The monoisotopic (exact) mass is 1120 g/mol. The fourth-order valence-corrected chi connectivity index (χ4v) is 10.6. The maximum atomic E-state index is 13.1. The van der Waals surface area contributed by atoms with Gasteiger partial charge in [0.25, 0.3) is 0 Å². The summed E-state index contributed by atoms with van der Waals surface area (Å²) >= 11 is 0. The van der Waals surface area contributed by atoms with E-state index in [2.05, 4.69) is 79.9 Å². The molecular formula is C71H129NO8. The molecule has 1 amide bonds. The fraction of sp³-hybridized carbons (Fsp3) is 0.817. The molecular weight excluding hydrogens is 995 g/mol. The van der Waals surface area contributed by atoms with Crippen LogP contribution in [0.15, 0.2) is 72.9 Å². The molecule has 1 rings (SSSR count). The highest BCUT2D eigenvalue weighted by atomic mass is 16.7. The maximum absolute atomic E-state index is 13.1. The molecule has 1 aliphatic rings. The van der Waals surface area contributed by atoms with Gasteiger partial charge >= 0.3 is 0 Å². The van der Waals surface area contributed by atoms with Gasteiger partial charge in [-0.05, 0) is 83.5 Å². The number of allylic oxidation sites excluding steroid dienone is 11. The molecule has 1 fully saturated rings. The Morgan fingerprint density at radius 1 is 0.425 bits per heavy atom. The van der Waals surface area contributed by atoms with Crippen molar-refractivity contribution in [2.24, 2.45) is 0 Å². The van der Waals surface area contributed by atoms with E-state index in [4.69, 9.17) is 9.47 Å². The van der Waals surface area contributed by atoms with Gasteiger partial charge in [-0.25, -0.2) is 0 Å². The fourth-order valence-electron chi connectivity index (χ4n) is 10.6. The molecule has 0 spiro atoms. The van der Waals surface area contributed by atoms with Crippen LogP contribution in [0.25, 0.3) is 0 Å². The van der Waals surface area contributed by atoms with Crippen molar-refractivity contribution >= 4 is 5.91 Å². The molecule has 0 aromatic rings. The Morgan fingerprint density at radius 3 is 1.14 bits per heavy atom. The molecule has 7 unspecified atom stereocenters. The van der Waals surface area contributed by atoms with Gasteiger partial charge in [-0.1, -0.05) is 299 Å². The summed E-state index contributed by atoms with van der Waals surface area (Å²) in [7, 11) is 0. The predicted molar refractivity (Wildman–Crippen MR) is 341 cm³/mol. The van der Waals surface area contributed by atoms with Crippen LogP contribution in [-0.2, 0) is 14.3 Å². The second-order valence-corrected chi connectivity index (χ2v) is 23.6. The zero-order chi connectivity index (χ0) is 57.9. The lowest BCUT2D eigenvalue weighted by atomic mass is 9.99. The van der Waals surface area contributed by atoms with E-state index in [-0.39, 0.29) is 12.5 Å². The van der Waals surface area contributed by atoms with Gasteiger partial charge in [0.15, 0.2) is 6.29 Å². The van der Waals surface area contributed by atoms with Crippen LogP contribution in [-0.4, -0.2) is 87.5 Å². The normalized spacial score (nSPS) is 18.9. The Bertz CT molecular complexity index is 1490. The van der Waals surface area contributed by atoms with Crippen molar-refractivity contribution in [2.75, 3.05) is 13.2 Å². The standard InChI is InChI=1S/C71H129NO8/c1-3-5-7-9-11-13-15-17-19-21-23-25-27-29-30-31-32-33-34-35-36-37-39-41-43-45-47-49-51-53-55-57-59-61-67(75)72-64(63-79-71-70(78)69(77)68(76)66(62-73)80-71)65(74)60-58-56-54-52-50-48-46-44-42-40-38-28-26-24-22-20-18-16-14-12-10-8-6-4-2/h15,17,21,23,27,29,42,44,50,52,58,60,64-66,68-71,73-74,76-78H,3-14,16,18-20,22,24-26,28,30-41,43,45-49,51,53-57,59,61-63H2,1-2H3,(H,72,75)/b17-15-,23-21-,29-27-,44-42+,52-50+,60-58+. The first-order chi connectivity index (χ1) is 39.3. The molecule has 0 aromatic heterocycles. The minimum atomic E-state index is -1.58. The molecule has 9 heteroatoms. The van der Waals surface area contributed by atoms with Gasteiger partial charge < -0.3 is 40.3 Å². The average molecular weight is 1120 g/mol. The van der Waals surface area contributed by atoms with Gasteiger partial charge in [-0.15, -0.1) is 0 Å². The van der Waals surface area contributed by atoms with Crippen LogP contribution >= 0.6 is 0 Å². The smallest absolute Gasteiger partial charge is 0.220 e. The SMILES string of the molecule is CCCCCCC/C=C\C/C=C\C/C=C\CCCCCCCCCCCCCCCCCCCCC(=O)NC(COC1OC(CO)C(O)C(O)C1O)C(O)/C=C/CC/C=C/CC/C=C/CCCCCCCCCCCCCCCC. The van der Waals surface area contributed by atoms with Crippen molar-refractivity contribution < 1.29 is 39.8 Å². The van der Waals surface area contributed by atoms with E-state index in [0.29, 0.717) is 6.42 Å². The van der Waals surface area contributed by atoms with Gasteiger partial charge in [0.1, 0.15) is 24.4 Å². The summed E-state index contributed by atoms with van der Waals surface area (Å²) in [6.45, 7) is 3.78. The third-order valence-electron chi connectivity index (χ3n) is 16.0.